The quantitative estimate of drug-likeness (QED) is 0.190. The van der Waals surface area contributed by atoms with E-state index in [-0.39, 0.29) is 42.7 Å². The molecular weight excluding hydrogens is 610 g/mol. The summed E-state index contributed by atoms with van der Waals surface area (Å²) in [5.41, 5.74) is -0.514. The fourth-order valence-electron chi connectivity index (χ4n) is 8.10. The molecule has 264 valence electrons. The molecule has 3 fully saturated rings. The Kier molecular flexibility index (Phi) is 12.3. The number of hydrogen-bond donors (Lipinski definition) is 1. The van der Waals surface area contributed by atoms with Crippen molar-refractivity contribution in [2.75, 3.05) is 20.2 Å². The molecule has 1 aromatic carbocycles. The zero-order valence-electron chi connectivity index (χ0n) is 29.5. The summed E-state index contributed by atoms with van der Waals surface area (Å²) in [4.78, 5) is 61.6. The lowest BCUT2D eigenvalue weighted by Crippen LogP contribution is -2.60. The first-order valence-corrected chi connectivity index (χ1v) is 17.5. The van der Waals surface area contributed by atoms with Gasteiger partial charge in [-0.15, -0.1) is 13.2 Å². The van der Waals surface area contributed by atoms with Crippen LogP contribution in [0.5, 0.6) is 0 Å². The number of aliphatic hydroxyl groups excluding tert-OH is 1. The minimum atomic E-state index is -1.23. The molecule has 48 heavy (non-hydrogen) atoms. The van der Waals surface area contributed by atoms with Gasteiger partial charge in [-0.2, -0.15) is 0 Å². The Bertz CT molecular complexity index is 1330. The van der Waals surface area contributed by atoms with Gasteiger partial charge in [-0.05, 0) is 51.0 Å². The van der Waals surface area contributed by atoms with Gasteiger partial charge in [0.25, 0.3) is 0 Å². The number of carbonyl (C=O) groups excluding carboxylic acids is 4. The predicted octanol–water partition coefficient (Wildman–Crippen LogP) is 4.68. The first-order valence-electron chi connectivity index (χ1n) is 17.5. The SMILES string of the molecule is C=CCCC(=O)N(C)[C@H](C)[C@H](OC(=O)[C@@H]1[C@H]2C(=O)N([C@@H](CO)C(C)C)[C@H](C(=O)N(CC=C)C(C)CCC)[C@]23CC[C@H]1O3)c1ccccc1. The second-order valence-electron chi connectivity index (χ2n) is 14.1. The zero-order chi connectivity index (χ0) is 35.3. The van der Waals surface area contributed by atoms with Crippen LogP contribution in [0.4, 0.5) is 0 Å². The summed E-state index contributed by atoms with van der Waals surface area (Å²) < 4.78 is 13.0. The van der Waals surface area contributed by atoms with Crippen LogP contribution in [-0.4, -0.2) is 99.6 Å². The summed E-state index contributed by atoms with van der Waals surface area (Å²) in [6.45, 7) is 17.3. The molecule has 1 N–H and O–H groups in total. The number of fused-ring (bicyclic) bond motifs is 1. The van der Waals surface area contributed by atoms with Gasteiger partial charge in [-0.25, -0.2) is 0 Å². The van der Waals surface area contributed by atoms with Crippen molar-refractivity contribution in [2.45, 2.75) is 115 Å². The fraction of sp³-hybridized carbons (Fsp3) is 0.632. The van der Waals surface area contributed by atoms with Crippen molar-refractivity contribution >= 4 is 23.7 Å². The summed E-state index contributed by atoms with van der Waals surface area (Å²) in [7, 11) is 1.69. The van der Waals surface area contributed by atoms with Gasteiger partial charge in [-0.1, -0.05) is 69.7 Å². The number of hydrogen-bond acceptors (Lipinski definition) is 7. The van der Waals surface area contributed by atoms with E-state index in [2.05, 4.69) is 20.1 Å². The average Bonchev–Trinajstić information content (AvgIpc) is 3.72. The van der Waals surface area contributed by atoms with Crippen LogP contribution < -0.4 is 0 Å². The molecule has 3 heterocycles. The molecule has 0 aliphatic carbocycles. The maximum Gasteiger partial charge on any atom is 0.313 e. The summed E-state index contributed by atoms with van der Waals surface area (Å²) >= 11 is 0. The van der Waals surface area contributed by atoms with Gasteiger partial charge in [0, 0.05) is 26.1 Å². The predicted molar refractivity (Wildman–Crippen MR) is 183 cm³/mol. The number of aliphatic hydroxyl groups is 1. The number of allylic oxidation sites excluding steroid dienone is 1. The maximum atomic E-state index is 14.7. The van der Waals surface area contributed by atoms with E-state index in [1.165, 1.54) is 4.90 Å². The number of ether oxygens (including phenoxy) is 2. The van der Waals surface area contributed by atoms with E-state index in [0.29, 0.717) is 25.8 Å². The fourth-order valence-corrected chi connectivity index (χ4v) is 8.10. The maximum absolute atomic E-state index is 14.7. The van der Waals surface area contributed by atoms with Crippen molar-refractivity contribution in [3.05, 3.63) is 61.2 Å². The number of nitrogens with zero attached hydrogens (tertiary/aromatic N) is 3. The minimum Gasteiger partial charge on any atom is -0.455 e. The Labute approximate surface area is 286 Å². The van der Waals surface area contributed by atoms with Crippen molar-refractivity contribution in [3.63, 3.8) is 0 Å². The van der Waals surface area contributed by atoms with Gasteiger partial charge in [0.1, 0.15) is 17.7 Å². The summed E-state index contributed by atoms with van der Waals surface area (Å²) in [5, 5.41) is 10.6. The highest BCUT2D eigenvalue weighted by molar-refractivity contribution is 5.98. The van der Waals surface area contributed by atoms with Gasteiger partial charge in [0.2, 0.25) is 17.7 Å². The molecule has 2 bridgehead atoms. The molecule has 10 nitrogen and oxygen atoms in total. The first kappa shape index (κ1) is 37.3. The zero-order valence-corrected chi connectivity index (χ0v) is 29.5. The molecule has 1 spiro atoms. The third kappa shape index (κ3) is 6.83. The second kappa shape index (κ2) is 15.8. The lowest BCUT2D eigenvalue weighted by molar-refractivity contribution is -0.165. The van der Waals surface area contributed by atoms with Crippen LogP contribution in [-0.2, 0) is 28.7 Å². The van der Waals surface area contributed by atoms with Crippen molar-refractivity contribution < 1.29 is 33.8 Å². The Hall–Kier alpha value is -3.50. The number of likely N-dealkylation sites (tertiary alicyclic amines) is 1. The molecule has 0 saturated carbocycles. The molecule has 9 atom stereocenters. The van der Waals surface area contributed by atoms with Gasteiger partial charge >= 0.3 is 5.97 Å². The van der Waals surface area contributed by atoms with Crippen LogP contribution in [0.1, 0.15) is 84.8 Å². The minimum absolute atomic E-state index is 0.102. The van der Waals surface area contributed by atoms with Crippen LogP contribution in [0, 0.1) is 17.8 Å². The van der Waals surface area contributed by atoms with Crippen LogP contribution in [0.25, 0.3) is 0 Å². The number of carbonyl (C=O) groups is 4. The van der Waals surface area contributed by atoms with E-state index in [1.54, 1.807) is 29.0 Å². The van der Waals surface area contributed by atoms with E-state index < -0.39 is 53.7 Å². The Morgan fingerprint density at radius 3 is 2.42 bits per heavy atom. The van der Waals surface area contributed by atoms with Crippen LogP contribution in [0.3, 0.4) is 0 Å². The van der Waals surface area contributed by atoms with E-state index in [0.717, 1.165) is 18.4 Å². The molecule has 10 heteroatoms. The standard InChI is InChI=1S/C38H55N3O7/c1-9-12-19-30(43)39(8)26(7)33(27-17-14-13-15-18-27)47-37(46)31-29-20-21-38(48-29)32(31)35(44)41(28(23-42)24(4)5)34(38)36(45)40(22-11-3)25(6)16-10-2/h9,11,13-15,17-18,24-26,28-29,31-34,42H,1,3,10,12,16,19-23H2,2,4-8H3/t25?,26-,28+,29-,31+,32+,33+,34-,38+/m1/s1. The number of amides is 3. The molecule has 3 saturated heterocycles. The van der Waals surface area contributed by atoms with Gasteiger partial charge < -0.3 is 29.3 Å². The lowest BCUT2D eigenvalue weighted by atomic mass is 9.70. The molecule has 4 rings (SSSR count). The highest BCUT2D eigenvalue weighted by Crippen LogP contribution is 2.59. The molecule has 0 aromatic heterocycles. The summed E-state index contributed by atoms with van der Waals surface area (Å²) in [6, 6.07) is 6.99. The van der Waals surface area contributed by atoms with E-state index in [1.807, 2.05) is 58.0 Å². The summed E-state index contributed by atoms with van der Waals surface area (Å²) in [6.07, 6.45) is 5.34. The normalized spacial score (nSPS) is 26.8. The number of esters is 1. The first-order chi connectivity index (χ1) is 22.9. The molecular formula is C38H55N3O7. The summed E-state index contributed by atoms with van der Waals surface area (Å²) in [5.74, 6) is -3.37. The number of benzene rings is 1. The smallest absolute Gasteiger partial charge is 0.313 e. The van der Waals surface area contributed by atoms with Gasteiger partial charge in [0.05, 0.1) is 36.6 Å². The molecule has 0 radical (unpaired) electrons. The van der Waals surface area contributed by atoms with Crippen LogP contribution in [0.2, 0.25) is 0 Å². The molecule has 1 aromatic rings. The monoisotopic (exact) mass is 665 g/mol. The van der Waals surface area contributed by atoms with Crippen molar-refractivity contribution in [1.82, 2.24) is 14.7 Å². The topological polar surface area (TPSA) is 117 Å². The third-order valence-corrected chi connectivity index (χ3v) is 10.8. The average molecular weight is 666 g/mol. The Balaban J connectivity index is 1.73. The van der Waals surface area contributed by atoms with E-state index in [4.69, 9.17) is 9.47 Å². The van der Waals surface area contributed by atoms with E-state index >= 15 is 0 Å². The van der Waals surface area contributed by atoms with Gasteiger partial charge in [0.15, 0.2) is 0 Å². The third-order valence-electron chi connectivity index (χ3n) is 10.8. The Morgan fingerprint density at radius 2 is 1.83 bits per heavy atom. The van der Waals surface area contributed by atoms with Crippen LogP contribution in [0.15, 0.2) is 55.6 Å². The largest absolute Gasteiger partial charge is 0.455 e. The van der Waals surface area contributed by atoms with Crippen molar-refractivity contribution in [1.29, 1.82) is 0 Å². The highest BCUT2D eigenvalue weighted by atomic mass is 16.6. The van der Waals surface area contributed by atoms with Gasteiger partial charge in [-0.3, -0.25) is 19.2 Å². The molecule has 3 aliphatic rings. The lowest BCUT2D eigenvalue weighted by Gasteiger charge is -2.41. The highest BCUT2D eigenvalue weighted by Gasteiger charge is 2.76. The number of likely N-dealkylation sites (N-methyl/N-ethyl adjacent to an activating group) is 1. The Morgan fingerprint density at radius 1 is 1.15 bits per heavy atom. The van der Waals surface area contributed by atoms with Crippen LogP contribution >= 0.6 is 0 Å². The van der Waals surface area contributed by atoms with E-state index in [9.17, 15) is 24.3 Å². The van der Waals surface area contributed by atoms with Crippen molar-refractivity contribution in [2.24, 2.45) is 17.8 Å². The molecule has 3 aliphatic heterocycles. The molecule has 1 unspecified atom stereocenters. The molecule has 3 amide bonds. The second-order valence-corrected chi connectivity index (χ2v) is 14.1. The van der Waals surface area contributed by atoms with Crippen molar-refractivity contribution in [3.8, 4) is 0 Å². The number of rotatable bonds is 17.